The molecule has 0 bridgehead atoms. The summed E-state index contributed by atoms with van der Waals surface area (Å²) < 4.78 is 1.83. The monoisotopic (exact) mass is 408 g/mol. The van der Waals surface area contributed by atoms with E-state index in [1.165, 1.54) is 0 Å². The van der Waals surface area contributed by atoms with Crippen LogP contribution in [0.4, 0.5) is 5.82 Å². The Kier molecular flexibility index (Phi) is 4.89. The zero-order valence-electron chi connectivity index (χ0n) is 17.5. The van der Waals surface area contributed by atoms with Crippen LogP contribution in [0.1, 0.15) is 18.4 Å². The van der Waals surface area contributed by atoms with Crippen molar-refractivity contribution in [3.05, 3.63) is 66.5 Å². The lowest BCUT2D eigenvalue weighted by molar-refractivity contribution is 0.499. The van der Waals surface area contributed by atoms with Gasteiger partial charge in [0.15, 0.2) is 0 Å². The highest BCUT2D eigenvalue weighted by Crippen LogP contribution is 2.35. The van der Waals surface area contributed by atoms with Gasteiger partial charge in [0.25, 0.3) is 0 Å². The van der Waals surface area contributed by atoms with Crippen molar-refractivity contribution in [3.63, 3.8) is 0 Å². The number of anilines is 1. The predicted octanol–water partition coefficient (Wildman–Crippen LogP) is 4.10. The third kappa shape index (κ3) is 3.76. The molecule has 5 rings (SSSR count). The van der Waals surface area contributed by atoms with Gasteiger partial charge in [-0.2, -0.15) is 10.4 Å². The molecule has 1 aliphatic heterocycles. The van der Waals surface area contributed by atoms with Crippen molar-refractivity contribution in [2.45, 2.75) is 18.9 Å². The van der Waals surface area contributed by atoms with E-state index in [0.717, 1.165) is 64.9 Å². The van der Waals surface area contributed by atoms with Gasteiger partial charge in [-0.1, -0.05) is 24.3 Å². The topological polar surface area (TPSA) is 83.8 Å². The highest BCUT2D eigenvalue weighted by atomic mass is 15.2. The number of benzene rings is 2. The summed E-state index contributed by atoms with van der Waals surface area (Å²) in [6, 6.07) is 18.7. The summed E-state index contributed by atoms with van der Waals surface area (Å²) in [6.07, 6.45) is 5.93. The first-order valence-electron chi connectivity index (χ1n) is 10.6. The highest BCUT2D eigenvalue weighted by molar-refractivity contribution is 5.90. The molecule has 0 amide bonds. The van der Waals surface area contributed by atoms with E-state index in [1.807, 2.05) is 48.4 Å². The molecule has 4 aromatic rings. The van der Waals surface area contributed by atoms with Crippen molar-refractivity contribution in [2.75, 3.05) is 18.0 Å². The van der Waals surface area contributed by atoms with E-state index in [-0.39, 0.29) is 6.04 Å². The van der Waals surface area contributed by atoms with Crippen LogP contribution in [0.15, 0.2) is 60.9 Å². The average molecular weight is 409 g/mol. The second-order valence-corrected chi connectivity index (χ2v) is 8.18. The zero-order chi connectivity index (χ0) is 21.4. The van der Waals surface area contributed by atoms with E-state index in [4.69, 9.17) is 10.7 Å². The molecule has 2 aromatic heterocycles. The number of nitrogens with two attached hydrogens (primary N) is 1. The fraction of sp³-hybridized carbons (Fsp3) is 0.240. The summed E-state index contributed by atoms with van der Waals surface area (Å²) in [5, 5.41) is 14.9. The molecule has 0 saturated carbocycles. The predicted molar refractivity (Wildman–Crippen MR) is 124 cm³/mol. The quantitative estimate of drug-likeness (QED) is 0.552. The number of hydrogen-bond acceptors (Lipinski definition) is 5. The molecular weight excluding hydrogens is 384 g/mol. The summed E-state index contributed by atoms with van der Waals surface area (Å²) in [7, 11) is 1.93. The fourth-order valence-electron chi connectivity index (χ4n) is 4.25. The van der Waals surface area contributed by atoms with Crippen LogP contribution in [-0.4, -0.2) is 33.9 Å². The lowest BCUT2D eigenvalue weighted by Crippen LogP contribution is -2.40. The standard InChI is InChI=1S/C25H24N6/c1-30-16-20-7-6-19(12-24(20)29-30)23-15-28-25(31-10-8-21(27)9-11-31)13-22(23)18-4-2-17(14-26)3-5-18/h2-7,12-13,15-16,21H,8-11,27H2,1H3. The maximum absolute atomic E-state index is 9.18. The van der Waals surface area contributed by atoms with Crippen molar-refractivity contribution >= 4 is 16.7 Å². The van der Waals surface area contributed by atoms with E-state index >= 15 is 0 Å². The van der Waals surface area contributed by atoms with Crippen molar-refractivity contribution in [1.29, 1.82) is 5.26 Å². The number of pyridine rings is 1. The summed E-state index contributed by atoms with van der Waals surface area (Å²) in [6.45, 7) is 1.83. The maximum Gasteiger partial charge on any atom is 0.129 e. The molecule has 0 unspecified atom stereocenters. The van der Waals surface area contributed by atoms with Gasteiger partial charge in [-0.05, 0) is 53.8 Å². The van der Waals surface area contributed by atoms with Crippen LogP contribution in [0.2, 0.25) is 0 Å². The smallest absolute Gasteiger partial charge is 0.129 e. The van der Waals surface area contributed by atoms with Gasteiger partial charge in [0.2, 0.25) is 0 Å². The molecule has 0 atom stereocenters. The van der Waals surface area contributed by atoms with Crippen LogP contribution < -0.4 is 10.6 Å². The minimum atomic E-state index is 0.276. The van der Waals surface area contributed by atoms with Crippen LogP contribution in [0.3, 0.4) is 0 Å². The molecule has 1 aliphatic rings. The van der Waals surface area contributed by atoms with Crippen molar-refractivity contribution in [2.24, 2.45) is 12.8 Å². The first kappa shape index (κ1) is 19.3. The Morgan fingerprint density at radius 1 is 1.00 bits per heavy atom. The average Bonchev–Trinajstić information content (AvgIpc) is 3.18. The van der Waals surface area contributed by atoms with E-state index in [1.54, 1.807) is 0 Å². The third-order valence-electron chi connectivity index (χ3n) is 6.01. The van der Waals surface area contributed by atoms with E-state index in [2.05, 4.69) is 40.3 Å². The van der Waals surface area contributed by atoms with Gasteiger partial charge in [-0.3, -0.25) is 4.68 Å². The molecule has 3 heterocycles. The Labute approximate surface area is 181 Å². The first-order valence-corrected chi connectivity index (χ1v) is 10.6. The van der Waals surface area contributed by atoms with Gasteiger partial charge in [0, 0.05) is 49.5 Å². The van der Waals surface area contributed by atoms with Crippen LogP contribution in [0.5, 0.6) is 0 Å². The van der Waals surface area contributed by atoms with Crippen molar-refractivity contribution in [3.8, 4) is 28.3 Å². The number of aryl methyl sites for hydroxylation is 1. The fourth-order valence-corrected chi connectivity index (χ4v) is 4.25. The highest BCUT2D eigenvalue weighted by Gasteiger charge is 2.19. The Morgan fingerprint density at radius 3 is 2.48 bits per heavy atom. The molecule has 1 saturated heterocycles. The number of nitriles is 1. The second kappa shape index (κ2) is 7.86. The number of fused-ring (bicyclic) bond motifs is 1. The van der Waals surface area contributed by atoms with Crippen molar-refractivity contribution < 1.29 is 0 Å². The molecule has 2 N–H and O–H groups in total. The van der Waals surface area contributed by atoms with Gasteiger partial charge < -0.3 is 10.6 Å². The molecular formula is C25H24N6. The third-order valence-corrected chi connectivity index (χ3v) is 6.01. The summed E-state index contributed by atoms with van der Waals surface area (Å²) >= 11 is 0. The molecule has 31 heavy (non-hydrogen) atoms. The first-order chi connectivity index (χ1) is 15.1. The van der Waals surface area contributed by atoms with Crippen LogP contribution in [0, 0.1) is 11.3 Å². The minimum Gasteiger partial charge on any atom is -0.356 e. The number of nitrogens with zero attached hydrogens (tertiary/aromatic N) is 5. The van der Waals surface area contributed by atoms with E-state index < -0.39 is 0 Å². The summed E-state index contributed by atoms with van der Waals surface area (Å²) in [5.74, 6) is 0.967. The number of aromatic nitrogens is 3. The molecule has 6 nitrogen and oxygen atoms in total. The van der Waals surface area contributed by atoms with Gasteiger partial charge in [-0.15, -0.1) is 0 Å². The molecule has 1 fully saturated rings. The SMILES string of the molecule is Cn1cc2ccc(-c3cnc(N4CCC(N)CC4)cc3-c3ccc(C#N)cc3)cc2n1. The van der Waals surface area contributed by atoms with Gasteiger partial charge >= 0.3 is 0 Å². The summed E-state index contributed by atoms with van der Waals surface area (Å²) in [4.78, 5) is 7.12. The molecule has 0 aliphatic carbocycles. The lowest BCUT2D eigenvalue weighted by Gasteiger charge is -2.31. The lowest BCUT2D eigenvalue weighted by atomic mass is 9.95. The van der Waals surface area contributed by atoms with Gasteiger partial charge in [-0.25, -0.2) is 4.98 Å². The van der Waals surface area contributed by atoms with E-state index in [0.29, 0.717) is 5.56 Å². The molecule has 154 valence electrons. The minimum absolute atomic E-state index is 0.276. The Hall–Kier alpha value is -3.69. The number of rotatable bonds is 3. The van der Waals surface area contributed by atoms with Gasteiger partial charge in [0.05, 0.1) is 17.1 Å². The molecule has 6 heteroatoms. The normalized spacial score (nSPS) is 14.7. The summed E-state index contributed by atoms with van der Waals surface area (Å²) in [5.41, 5.74) is 12.0. The molecule has 2 aromatic carbocycles. The largest absolute Gasteiger partial charge is 0.356 e. The number of hydrogen-bond donors (Lipinski definition) is 1. The molecule has 0 spiro atoms. The zero-order valence-corrected chi connectivity index (χ0v) is 17.5. The Balaban J connectivity index is 1.62. The van der Waals surface area contributed by atoms with Crippen LogP contribution in [0.25, 0.3) is 33.2 Å². The Morgan fingerprint density at radius 2 is 1.74 bits per heavy atom. The number of piperidine rings is 1. The van der Waals surface area contributed by atoms with Crippen LogP contribution in [-0.2, 0) is 7.05 Å². The Bertz CT molecular complexity index is 1270. The maximum atomic E-state index is 9.18. The van der Waals surface area contributed by atoms with Crippen molar-refractivity contribution in [1.82, 2.24) is 14.8 Å². The van der Waals surface area contributed by atoms with Gasteiger partial charge in [0.1, 0.15) is 5.82 Å². The van der Waals surface area contributed by atoms with E-state index in [9.17, 15) is 5.26 Å². The van der Waals surface area contributed by atoms with Crippen LogP contribution >= 0.6 is 0 Å². The second-order valence-electron chi connectivity index (χ2n) is 8.18. The molecule has 0 radical (unpaired) electrons.